The summed E-state index contributed by atoms with van der Waals surface area (Å²) in [5.74, 6) is 1.73. The lowest BCUT2D eigenvalue weighted by Crippen LogP contribution is -2.12. The van der Waals surface area contributed by atoms with Gasteiger partial charge in [0.25, 0.3) is 0 Å². The van der Waals surface area contributed by atoms with E-state index in [1.807, 2.05) is 30.3 Å². The second kappa shape index (κ2) is 9.91. The Bertz CT molecular complexity index is 1300. The molecule has 0 heterocycles. The molecular formula is C26H22O7. The number of para-hydroxylation sites is 1. The summed E-state index contributed by atoms with van der Waals surface area (Å²) < 4.78 is 27.1. The Balaban J connectivity index is 1.92. The van der Waals surface area contributed by atoms with Crippen LogP contribution in [0.1, 0.15) is 13.8 Å². The molecule has 0 aliphatic carbocycles. The molecule has 0 amide bonds. The number of rotatable bonds is 6. The third kappa shape index (κ3) is 4.82. The van der Waals surface area contributed by atoms with Gasteiger partial charge in [-0.15, -0.1) is 0 Å². The van der Waals surface area contributed by atoms with Crippen LogP contribution in [-0.4, -0.2) is 25.5 Å². The molecule has 33 heavy (non-hydrogen) atoms. The van der Waals surface area contributed by atoms with E-state index in [0.717, 1.165) is 0 Å². The Hall–Kier alpha value is -4.26. The topological polar surface area (TPSA) is 80.3 Å². The first-order valence-corrected chi connectivity index (χ1v) is 10.5. The molecule has 0 saturated carbocycles. The molecule has 4 rings (SSSR count). The third-order valence-electron chi connectivity index (χ3n) is 4.77. The summed E-state index contributed by atoms with van der Waals surface area (Å²) in [5.41, 5.74) is 0. The highest BCUT2D eigenvalue weighted by Crippen LogP contribution is 2.44. The molecule has 0 spiro atoms. The quantitative estimate of drug-likeness (QED) is 0.182. The van der Waals surface area contributed by atoms with E-state index >= 15 is 0 Å². The second-order valence-electron chi connectivity index (χ2n) is 6.90. The summed E-state index contributed by atoms with van der Waals surface area (Å²) in [6.45, 7) is 3.73. The van der Waals surface area contributed by atoms with Gasteiger partial charge in [0, 0.05) is 21.5 Å². The van der Waals surface area contributed by atoms with Crippen molar-refractivity contribution in [1.82, 2.24) is 0 Å². The van der Waals surface area contributed by atoms with E-state index in [4.69, 9.17) is 23.7 Å². The summed E-state index contributed by atoms with van der Waals surface area (Å²) >= 11 is 0. The van der Waals surface area contributed by atoms with Crippen LogP contribution in [0, 0.1) is 0 Å². The molecule has 0 aliphatic heterocycles. The summed E-state index contributed by atoms with van der Waals surface area (Å²) in [4.78, 5) is 24.4. The Morgan fingerprint density at radius 3 is 1.70 bits per heavy atom. The molecule has 7 nitrogen and oxygen atoms in total. The highest BCUT2D eigenvalue weighted by atomic mass is 16.7. The number of hydrogen-bond acceptors (Lipinski definition) is 7. The monoisotopic (exact) mass is 446 g/mol. The van der Waals surface area contributed by atoms with Gasteiger partial charge in [-0.05, 0) is 44.2 Å². The summed E-state index contributed by atoms with van der Waals surface area (Å²) in [5, 5.41) is 2.19. The van der Waals surface area contributed by atoms with Crippen LogP contribution in [0.4, 0.5) is 9.59 Å². The minimum atomic E-state index is -0.836. The van der Waals surface area contributed by atoms with Gasteiger partial charge in [0.05, 0.1) is 13.2 Å². The zero-order valence-electron chi connectivity index (χ0n) is 18.2. The van der Waals surface area contributed by atoms with E-state index in [1.54, 1.807) is 56.3 Å². The van der Waals surface area contributed by atoms with Crippen molar-refractivity contribution in [2.45, 2.75) is 13.8 Å². The van der Waals surface area contributed by atoms with E-state index in [2.05, 4.69) is 0 Å². The largest absolute Gasteiger partial charge is 0.513 e. The van der Waals surface area contributed by atoms with Crippen molar-refractivity contribution in [2.75, 3.05) is 13.2 Å². The lowest BCUT2D eigenvalue weighted by Gasteiger charge is -2.17. The molecule has 0 radical (unpaired) electrons. The van der Waals surface area contributed by atoms with E-state index in [-0.39, 0.29) is 19.0 Å². The van der Waals surface area contributed by atoms with E-state index in [9.17, 15) is 9.59 Å². The van der Waals surface area contributed by atoms with Crippen LogP contribution < -0.4 is 14.2 Å². The number of fused-ring (bicyclic) bond motifs is 2. The number of benzene rings is 4. The fourth-order valence-electron chi connectivity index (χ4n) is 3.45. The van der Waals surface area contributed by atoms with Crippen molar-refractivity contribution in [1.29, 1.82) is 0 Å². The fourth-order valence-corrected chi connectivity index (χ4v) is 3.45. The van der Waals surface area contributed by atoms with Crippen LogP contribution in [-0.2, 0) is 9.47 Å². The molecule has 0 saturated heterocycles. The standard InChI is InChI=1S/C26H22O7/c1-3-29-25(27)32-23-19-12-8-9-13-20(19)24(33-26(28)30-4-2)22-16-18(14-15-21(22)23)31-17-10-6-5-7-11-17/h5-16H,3-4H2,1-2H3. The van der Waals surface area contributed by atoms with Gasteiger partial charge >= 0.3 is 12.3 Å². The van der Waals surface area contributed by atoms with Gasteiger partial charge in [-0.1, -0.05) is 42.5 Å². The van der Waals surface area contributed by atoms with Crippen molar-refractivity contribution < 1.29 is 33.3 Å². The zero-order chi connectivity index (χ0) is 23.2. The Morgan fingerprint density at radius 1 is 0.606 bits per heavy atom. The molecule has 168 valence electrons. The fraction of sp³-hybridized carbons (Fsp3) is 0.154. The molecule has 0 aromatic heterocycles. The SMILES string of the molecule is CCOC(=O)Oc1c2ccccc2c(OC(=O)OCC)c2cc(Oc3ccccc3)ccc12. The normalized spacial score (nSPS) is 10.6. The van der Waals surface area contributed by atoms with Crippen LogP contribution in [0.5, 0.6) is 23.0 Å². The van der Waals surface area contributed by atoms with Crippen molar-refractivity contribution >= 4 is 33.9 Å². The van der Waals surface area contributed by atoms with Crippen molar-refractivity contribution in [3.63, 3.8) is 0 Å². The van der Waals surface area contributed by atoms with Crippen LogP contribution >= 0.6 is 0 Å². The van der Waals surface area contributed by atoms with Gasteiger partial charge in [0.15, 0.2) is 5.75 Å². The Kier molecular flexibility index (Phi) is 6.59. The van der Waals surface area contributed by atoms with Gasteiger partial charge in [0.1, 0.15) is 17.2 Å². The van der Waals surface area contributed by atoms with Crippen LogP contribution in [0.2, 0.25) is 0 Å². The van der Waals surface area contributed by atoms with E-state index in [1.165, 1.54) is 0 Å². The Labute approximate surface area is 190 Å². The van der Waals surface area contributed by atoms with Gasteiger partial charge in [-0.3, -0.25) is 0 Å². The molecule has 7 heteroatoms. The molecule has 0 unspecified atom stereocenters. The lowest BCUT2D eigenvalue weighted by molar-refractivity contribution is 0.103. The summed E-state index contributed by atoms with van der Waals surface area (Å²) in [6, 6.07) is 21.6. The molecule has 0 N–H and O–H groups in total. The van der Waals surface area contributed by atoms with Gasteiger partial charge in [0.2, 0.25) is 0 Å². The van der Waals surface area contributed by atoms with Crippen molar-refractivity contribution in [2.24, 2.45) is 0 Å². The van der Waals surface area contributed by atoms with Crippen LogP contribution in [0.25, 0.3) is 21.5 Å². The molecule has 0 bridgehead atoms. The highest BCUT2D eigenvalue weighted by molar-refractivity contribution is 6.12. The van der Waals surface area contributed by atoms with Crippen LogP contribution in [0.3, 0.4) is 0 Å². The zero-order valence-corrected chi connectivity index (χ0v) is 18.2. The highest BCUT2D eigenvalue weighted by Gasteiger charge is 2.21. The smallest absolute Gasteiger partial charge is 0.457 e. The minimum absolute atomic E-state index is 0.168. The van der Waals surface area contributed by atoms with Gasteiger partial charge in [-0.2, -0.15) is 0 Å². The second-order valence-corrected chi connectivity index (χ2v) is 6.90. The molecular weight excluding hydrogens is 424 g/mol. The minimum Gasteiger partial charge on any atom is -0.457 e. The van der Waals surface area contributed by atoms with Crippen LogP contribution in [0.15, 0.2) is 72.8 Å². The maximum Gasteiger partial charge on any atom is 0.513 e. The number of carbonyl (C=O) groups excluding carboxylic acids is 2. The molecule has 0 atom stereocenters. The maximum absolute atomic E-state index is 12.2. The van der Waals surface area contributed by atoms with Gasteiger partial charge in [-0.25, -0.2) is 9.59 Å². The molecule has 4 aromatic rings. The average Bonchev–Trinajstić information content (AvgIpc) is 2.82. The predicted molar refractivity (Wildman–Crippen MR) is 123 cm³/mol. The van der Waals surface area contributed by atoms with Crippen molar-refractivity contribution in [3.05, 3.63) is 72.8 Å². The van der Waals surface area contributed by atoms with E-state index in [0.29, 0.717) is 38.8 Å². The Morgan fingerprint density at radius 2 is 1.12 bits per heavy atom. The first kappa shape index (κ1) is 22.0. The lowest BCUT2D eigenvalue weighted by atomic mass is 10.00. The van der Waals surface area contributed by atoms with E-state index < -0.39 is 12.3 Å². The third-order valence-corrected chi connectivity index (χ3v) is 4.77. The molecule has 0 aliphatic rings. The summed E-state index contributed by atoms with van der Waals surface area (Å²) in [7, 11) is 0. The first-order valence-electron chi connectivity index (χ1n) is 10.5. The predicted octanol–water partition coefficient (Wildman–Crippen LogP) is 6.86. The maximum atomic E-state index is 12.2. The van der Waals surface area contributed by atoms with Crippen molar-refractivity contribution in [3.8, 4) is 23.0 Å². The number of hydrogen-bond donors (Lipinski definition) is 0. The first-order chi connectivity index (χ1) is 16.1. The average molecular weight is 446 g/mol. The number of carbonyl (C=O) groups is 2. The van der Waals surface area contributed by atoms with Gasteiger partial charge < -0.3 is 23.7 Å². The number of ether oxygens (including phenoxy) is 5. The summed E-state index contributed by atoms with van der Waals surface area (Å²) in [6.07, 6.45) is -1.66. The molecule has 0 fully saturated rings. The molecule has 4 aromatic carbocycles.